The van der Waals surface area contributed by atoms with E-state index in [1.165, 1.54) is 0 Å². The topological polar surface area (TPSA) is 151 Å². The van der Waals surface area contributed by atoms with Crippen molar-refractivity contribution < 1.29 is 23.5 Å². The van der Waals surface area contributed by atoms with Crippen LogP contribution in [0, 0.1) is 0 Å². The fourth-order valence-electron chi connectivity index (χ4n) is 4.15. The summed E-state index contributed by atoms with van der Waals surface area (Å²) in [4.78, 5) is 35.2. The van der Waals surface area contributed by atoms with Crippen molar-refractivity contribution in [1.29, 1.82) is 0 Å². The SMILES string of the molecule is CC(C)NC(=O)O[C@@H]1CO[C@H](c2cc(Nc3nccc4nc(C(=O)N5CCNCC5)cn34)n[nH]2)[C@@H]1F. The van der Waals surface area contributed by atoms with Gasteiger partial charge >= 0.3 is 6.09 Å². The van der Waals surface area contributed by atoms with Crippen LogP contribution in [-0.4, -0.2) is 92.6 Å². The molecular weight excluding hydrogens is 473 g/mol. The van der Waals surface area contributed by atoms with Crippen molar-refractivity contribution in [3.63, 3.8) is 0 Å². The number of rotatable bonds is 6. The number of carbonyl (C=O) groups excluding carboxylic acids is 2. The molecule has 3 aromatic heterocycles. The summed E-state index contributed by atoms with van der Waals surface area (Å²) in [5.74, 6) is 0.610. The zero-order chi connectivity index (χ0) is 25.2. The van der Waals surface area contributed by atoms with E-state index in [1.54, 1.807) is 47.7 Å². The maximum absolute atomic E-state index is 14.9. The van der Waals surface area contributed by atoms with Crippen molar-refractivity contribution in [1.82, 2.24) is 40.1 Å². The maximum atomic E-state index is 14.9. The number of carbonyl (C=O) groups is 2. The molecular formula is C22H28FN9O4. The predicted octanol–water partition coefficient (Wildman–Crippen LogP) is 1.15. The molecule has 3 aromatic rings. The standard InChI is InChI=1S/C22H28FN9O4/c1-12(2)26-22(34)36-15-11-35-19(18(15)23)13-9-16(30-29-13)28-21-25-4-3-17-27-14(10-32(17)21)20(33)31-7-5-24-6-8-31/h3-4,9-10,12,15,18-19,24H,5-8,11H2,1-2H3,(H,26,34)(H2,25,28,29,30)/t15-,18-,19-/m1/s1. The zero-order valence-electron chi connectivity index (χ0n) is 19.9. The van der Waals surface area contributed by atoms with E-state index in [-0.39, 0.29) is 18.6 Å². The highest BCUT2D eigenvalue weighted by atomic mass is 19.1. The summed E-state index contributed by atoms with van der Waals surface area (Å²) < 4.78 is 27.3. The maximum Gasteiger partial charge on any atom is 0.407 e. The third-order valence-electron chi connectivity index (χ3n) is 5.90. The number of piperazine rings is 1. The lowest BCUT2D eigenvalue weighted by Gasteiger charge is -2.26. The van der Waals surface area contributed by atoms with Gasteiger partial charge in [0.1, 0.15) is 17.4 Å². The number of H-pyrrole nitrogens is 1. The van der Waals surface area contributed by atoms with Crippen LogP contribution < -0.4 is 16.0 Å². The Labute approximate surface area is 205 Å². The van der Waals surface area contributed by atoms with Gasteiger partial charge in [0.2, 0.25) is 5.95 Å². The predicted molar refractivity (Wildman–Crippen MR) is 126 cm³/mol. The first kappa shape index (κ1) is 23.9. The van der Waals surface area contributed by atoms with Crippen LogP contribution in [0.5, 0.6) is 0 Å². The number of aromatic amines is 1. The number of anilines is 2. The molecule has 0 aliphatic carbocycles. The Bertz CT molecular complexity index is 1240. The van der Waals surface area contributed by atoms with Crippen molar-refractivity contribution in [2.24, 2.45) is 0 Å². The number of aromatic nitrogens is 5. The number of nitrogens with zero attached hydrogens (tertiary/aromatic N) is 5. The minimum atomic E-state index is -1.56. The molecule has 13 nitrogen and oxygen atoms in total. The van der Waals surface area contributed by atoms with Gasteiger partial charge in [0.25, 0.3) is 5.91 Å². The van der Waals surface area contributed by atoms with E-state index in [0.29, 0.717) is 41.9 Å². The average Bonchev–Trinajstić information content (AvgIpc) is 3.58. The molecule has 2 amide bonds. The van der Waals surface area contributed by atoms with Crippen LogP contribution in [0.1, 0.15) is 36.1 Å². The summed E-state index contributed by atoms with van der Waals surface area (Å²) >= 11 is 0. The molecule has 5 rings (SSSR count). The quantitative estimate of drug-likeness (QED) is 0.390. The number of ether oxygens (including phenoxy) is 2. The number of halogens is 1. The molecule has 0 bridgehead atoms. The fourth-order valence-corrected chi connectivity index (χ4v) is 4.15. The number of alkyl halides is 1. The van der Waals surface area contributed by atoms with Crippen LogP contribution in [0.25, 0.3) is 5.65 Å². The van der Waals surface area contributed by atoms with Gasteiger partial charge in [-0.25, -0.2) is 19.2 Å². The first-order chi connectivity index (χ1) is 17.4. The number of nitrogens with one attached hydrogen (secondary N) is 4. The summed E-state index contributed by atoms with van der Waals surface area (Å²) in [6.07, 6.45) is -1.05. The van der Waals surface area contributed by atoms with E-state index >= 15 is 0 Å². The zero-order valence-corrected chi connectivity index (χ0v) is 19.9. The van der Waals surface area contributed by atoms with Gasteiger partial charge in [0, 0.05) is 50.7 Å². The van der Waals surface area contributed by atoms with E-state index in [1.807, 2.05) is 0 Å². The highest BCUT2D eigenvalue weighted by molar-refractivity contribution is 5.93. The Hall–Kier alpha value is -3.78. The van der Waals surface area contributed by atoms with Crippen molar-refractivity contribution in [3.05, 3.63) is 35.9 Å². The largest absolute Gasteiger partial charge is 0.441 e. The molecule has 2 aliphatic rings. The van der Waals surface area contributed by atoms with Crippen LogP contribution in [0.2, 0.25) is 0 Å². The first-order valence-corrected chi connectivity index (χ1v) is 11.8. The van der Waals surface area contributed by atoms with Gasteiger partial charge in [-0.15, -0.1) is 0 Å². The summed E-state index contributed by atoms with van der Waals surface area (Å²) in [6, 6.07) is 3.17. The Morgan fingerprint density at radius 3 is 2.89 bits per heavy atom. The molecule has 0 aromatic carbocycles. The second-order valence-corrected chi connectivity index (χ2v) is 8.94. The highest BCUT2D eigenvalue weighted by Gasteiger charge is 2.42. The summed E-state index contributed by atoms with van der Waals surface area (Å²) in [6.45, 7) is 6.24. The monoisotopic (exact) mass is 501 g/mol. The Morgan fingerprint density at radius 1 is 1.31 bits per heavy atom. The Balaban J connectivity index is 1.27. The molecule has 4 N–H and O–H groups in total. The summed E-state index contributed by atoms with van der Waals surface area (Å²) in [5.41, 5.74) is 1.25. The fraction of sp³-hybridized carbons (Fsp3) is 0.500. The molecule has 14 heteroatoms. The summed E-state index contributed by atoms with van der Waals surface area (Å²) in [7, 11) is 0. The number of imidazole rings is 1. The molecule has 5 heterocycles. The van der Waals surface area contributed by atoms with Crippen LogP contribution in [0.3, 0.4) is 0 Å². The molecule has 0 radical (unpaired) electrons. The van der Waals surface area contributed by atoms with E-state index in [4.69, 9.17) is 9.47 Å². The van der Waals surface area contributed by atoms with Gasteiger partial charge in [0.05, 0.1) is 12.3 Å². The van der Waals surface area contributed by atoms with Crippen LogP contribution in [-0.2, 0) is 9.47 Å². The molecule has 0 spiro atoms. The first-order valence-electron chi connectivity index (χ1n) is 11.8. The van der Waals surface area contributed by atoms with Crippen molar-refractivity contribution >= 4 is 29.4 Å². The minimum absolute atomic E-state index is 0.0705. The van der Waals surface area contributed by atoms with Gasteiger partial charge in [-0.3, -0.25) is 14.3 Å². The van der Waals surface area contributed by atoms with Gasteiger partial charge in [-0.05, 0) is 19.9 Å². The molecule has 2 fully saturated rings. The molecule has 2 saturated heterocycles. The number of hydrogen-bond acceptors (Lipinski definition) is 9. The van der Waals surface area contributed by atoms with Gasteiger partial charge in [-0.1, -0.05) is 0 Å². The summed E-state index contributed by atoms with van der Waals surface area (Å²) in [5, 5.41) is 15.8. The van der Waals surface area contributed by atoms with Crippen LogP contribution >= 0.6 is 0 Å². The highest BCUT2D eigenvalue weighted by Crippen LogP contribution is 2.33. The molecule has 192 valence electrons. The lowest BCUT2D eigenvalue weighted by molar-refractivity contribution is 0.0614. The van der Waals surface area contributed by atoms with Crippen LogP contribution in [0.15, 0.2) is 24.5 Å². The third kappa shape index (κ3) is 4.95. The van der Waals surface area contributed by atoms with Crippen molar-refractivity contribution in [2.45, 2.75) is 38.3 Å². The van der Waals surface area contributed by atoms with Crippen LogP contribution in [0.4, 0.5) is 21.0 Å². The second kappa shape index (κ2) is 10.1. The van der Waals surface area contributed by atoms with Gasteiger partial charge < -0.3 is 30.3 Å². The normalized spacial score (nSPS) is 22.2. The van der Waals surface area contributed by atoms with E-state index in [0.717, 1.165) is 13.1 Å². The van der Waals surface area contributed by atoms with E-state index in [9.17, 15) is 14.0 Å². The smallest absolute Gasteiger partial charge is 0.407 e. The number of alkyl carbamates (subject to hydrolysis) is 1. The molecule has 3 atom stereocenters. The molecule has 36 heavy (non-hydrogen) atoms. The van der Waals surface area contributed by atoms with E-state index in [2.05, 4.69) is 36.1 Å². The van der Waals surface area contributed by atoms with E-state index < -0.39 is 24.5 Å². The number of hydrogen-bond donors (Lipinski definition) is 4. The average molecular weight is 502 g/mol. The second-order valence-electron chi connectivity index (χ2n) is 8.94. The lowest BCUT2D eigenvalue weighted by Crippen LogP contribution is -2.46. The third-order valence-corrected chi connectivity index (χ3v) is 5.90. The van der Waals surface area contributed by atoms with Crippen molar-refractivity contribution in [2.75, 3.05) is 38.1 Å². The van der Waals surface area contributed by atoms with Gasteiger partial charge in [0.15, 0.2) is 18.1 Å². The Kier molecular flexibility index (Phi) is 6.69. The molecule has 0 unspecified atom stereocenters. The minimum Gasteiger partial charge on any atom is -0.441 e. The van der Waals surface area contributed by atoms with Gasteiger partial charge in [-0.2, -0.15) is 5.10 Å². The molecule has 0 saturated carbocycles. The lowest BCUT2D eigenvalue weighted by atomic mass is 10.1. The van der Waals surface area contributed by atoms with Crippen molar-refractivity contribution in [3.8, 4) is 0 Å². The number of fused-ring (bicyclic) bond motifs is 1. The molecule has 2 aliphatic heterocycles. The Morgan fingerprint density at radius 2 is 2.11 bits per heavy atom. The number of amides is 2.